The number of amides is 1. The van der Waals surface area contributed by atoms with Gasteiger partial charge in [-0.1, -0.05) is 25.1 Å². The minimum absolute atomic E-state index is 0.0870. The molecule has 0 radical (unpaired) electrons. The Bertz CT molecular complexity index is 557. The number of sulfonamides is 1. The summed E-state index contributed by atoms with van der Waals surface area (Å²) in [7, 11) is -3.45. The summed E-state index contributed by atoms with van der Waals surface area (Å²) in [6.45, 7) is 3.76. The molecule has 5 nitrogen and oxygen atoms in total. The molecule has 0 N–H and O–H groups in total. The maximum Gasteiger partial charge on any atom is 0.243 e. The number of nitrogens with zero attached hydrogens (tertiary/aromatic N) is 2. The van der Waals surface area contributed by atoms with Crippen LogP contribution >= 0.6 is 0 Å². The summed E-state index contributed by atoms with van der Waals surface area (Å²) in [5.41, 5.74) is 0. The second-order valence-electron chi connectivity index (χ2n) is 4.81. The standard InChI is InChI=1S/C14H20N2O3S/c1-2-14(17)15-9-6-10-16(12-11-15)20(18,19)13-7-4-3-5-8-13/h3-5,7-8H,2,6,9-12H2,1H3. The van der Waals surface area contributed by atoms with Crippen LogP contribution in [0, 0.1) is 0 Å². The summed E-state index contributed by atoms with van der Waals surface area (Å²) in [5, 5.41) is 0. The van der Waals surface area contributed by atoms with Gasteiger partial charge in [-0.15, -0.1) is 0 Å². The first-order valence-corrected chi connectivity index (χ1v) is 8.32. The van der Waals surface area contributed by atoms with Crippen molar-refractivity contribution in [3.8, 4) is 0 Å². The summed E-state index contributed by atoms with van der Waals surface area (Å²) in [6.07, 6.45) is 1.14. The van der Waals surface area contributed by atoms with Gasteiger partial charge in [0.05, 0.1) is 4.90 Å². The second-order valence-corrected chi connectivity index (χ2v) is 6.74. The van der Waals surface area contributed by atoms with Crippen molar-refractivity contribution in [1.82, 2.24) is 9.21 Å². The number of carbonyl (C=O) groups excluding carboxylic acids is 1. The Labute approximate surface area is 120 Å². The van der Waals surface area contributed by atoms with E-state index in [0.717, 1.165) is 0 Å². The van der Waals surface area contributed by atoms with Crippen LogP contribution < -0.4 is 0 Å². The van der Waals surface area contributed by atoms with Gasteiger partial charge in [0.2, 0.25) is 15.9 Å². The van der Waals surface area contributed by atoms with Crippen molar-refractivity contribution in [3.63, 3.8) is 0 Å². The Hall–Kier alpha value is -1.40. The van der Waals surface area contributed by atoms with Gasteiger partial charge in [-0.25, -0.2) is 8.42 Å². The summed E-state index contributed by atoms with van der Waals surface area (Å²) >= 11 is 0. The molecule has 1 amide bonds. The Morgan fingerprint density at radius 2 is 1.80 bits per heavy atom. The van der Waals surface area contributed by atoms with E-state index in [-0.39, 0.29) is 5.91 Å². The zero-order valence-electron chi connectivity index (χ0n) is 11.7. The summed E-state index contributed by atoms with van der Waals surface area (Å²) in [6, 6.07) is 8.45. The minimum Gasteiger partial charge on any atom is -0.341 e. The van der Waals surface area contributed by atoms with Gasteiger partial charge >= 0.3 is 0 Å². The van der Waals surface area contributed by atoms with Gasteiger partial charge in [0.25, 0.3) is 0 Å². The fraction of sp³-hybridized carbons (Fsp3) is 0.500. The van der Waals surface area contributed by atoms with Crippen LogP contribution in [0.1, 0.15) is 19.8 Å². The molecule has 0 bridgehead atoms. The van der Waals surface area contributed by atoms with Crippen LogP contribution in [-0.4, -0.2) is 49.7 Å². The zero-order valence-corrected chi connectivity index (χ0v) is 12.5. The smallest absolute Gasteiger partial charge is 0.243 e. The van der Waals surface area contributed by atoms with Crippen LogP contribution in [0.15, 0.2) is 35.2 Å². The summed E-state index contributed by atoms with van der Waals surface area (Å²) in [5.74, 6) is 0.0870. The normalized spacial score (nSPS) is 17.8. The quantitative estimate of drug-likeness (QED) is 0.845. The summed E-state index contributed by atoms with van der Waals surface area (Å²) in [4.78, 5) is 13.8. The number of hydrogen-bond acceptors (Lipinski definition) is 3. The third-order valence-electron chi connectivity index (χ3n) is 3.49. The first-order valence-electron chi connectivity index (χ1n) is 6.88. The topological polar surface area (TPSA) is 57.7 Å². The molecular weight excluding hydrogens is 276 g/mol. The van der Waals surface area contributed by atoms with E-state index >= 15 is 0 Å². The maximum atomic E-state index is 12.5. The maximum absolute atomic E-state index is 12.5. The number of carbonyl (C=O) groups is 1. The molecule has 1 aromatic carbocycles. The SMILES string of the molecule is CCC(=O)N1CCCN(S(=O)(=O)c2ccccc2)CC1. The molecule has 0 spiro atoms. The molecule has 1 aliphatic rings. The molecule has 1 fully saturated rings. The Morgan fingerprint density at radius 3 is 2.45 bits per heavy atom. The van der Waals surface area contributed by atoms with Crippen molar-refractivity contribution >= 4 is 15.9 Å². The Kier molecular flexibility index (Phi) is 4.77. The molecule has 1 aromatic rings. The third kappa shape index (κ3) is 3.19. The van der Waals surface area contributed by atoms with Crippen molar-refractivity contribution in [2.75, 3.05) is 26.2 Å². The molecule has 1 saturated heterocycles. The van der Waals surface area contributed by atoms with Gasteiger partial charge in [-0.2, -0.15) is 4.31 Å². The van der Waals surface area contributed by atoms with E-state index in [1.807, 2.05) is 6.92 Å². The van der Waals surface area contributed by atoms with E-state index in [2.05, 4.69) is 0 Å². The molecule has 2 rings (SSSR count). The first kappa shape index (κ1) is 15.0. The van der Waals surface area contributed by atoms with Crippen LogP contribution in [0.4, 0.5) is 0 Å². The lowest BCUT2D eigenvalue weighted by Gasteiger charge is -2.21. The van der Waals surface area contributed by atoms with Gasteiger partial charge in [0.15, 0.2) is 0 Å². The van der Waals surface area contributed by atoms with Crippen LogP contribution in [0.5, 0.6) is 0 Å². The van der Waals surface area contributed by atoms with Gasteiger partial charge < -0.3 is 4.90 Å². The number of benzene rings is 1. The lowest BCUT2D eigenvalue weighted by atomic mass is 10.3. The Balaban J connectivity index is 2.13. The predicted molar refractivity (Wildman–Crippen MR) is 76.7 cm³/mol. The lowest BCUT2D eigenvalue weighted by molar-refractivity contribution is -0.130. The highest BCUT2D eigenvalue weighted by molar-refractivity contribution is 7.89. The largest absolute Gasteiger partial charge is 0.341 e. The van der Waals surface area contributed by atoms with Crippen LogP contribution in [0.2, 0.25) is 0 Å². The highest BCUT2D eigenvalue weighted by Gasteiger charge is 2.27. The van der Waals surface area contributed by atoms with Gasteiger partial charge in [-0.05, 0) is 18.6 Å². The average Bonchev–Trinajstić information content (AvgIpc) is 2.73. The second kappa shape index (κ2) is 6.37. The highest BCUT2D eigenvalue weighted by Crippen LogP contribution is 2.17. The Morgan fingerprint density at radius 1 is 1.10 bits per heavy atom. The van der Waals surface area contributed by atoms with Gasteiger partial charge in [-0.3, -0.25) is 4.79 Å². The fourth-order valence-electron chi connectivity index (χ4n) is 2.35. The molecule has 0 unspecified atom stereocenters. The molecule has 0 aromatic heterocycles. The first-order chi connectivity index (χ1) is 9.55. The lowest BCUT2D eigenvalue weighted by Crippen LogP contribution is -2.37. The van der Waals surface area contributed by atoms with Gasteiger partial charge in [0, 0.05) is 32.6 Å². The van der Waals surface area contributed by atoms with E-state index in [1.165, 1.54) is 4.31 Å². The molecule has 0 saturated carbocycles. The molecule has 0 atom stereocenters. The highest BCUT2D eigenvalue weighted by atomic mass is 32.2. The van der Waals surface area contributed by atoms with Crippen molar-refractivity contribution in [3.05, 3.63) is 30.3 Å². The van der Waals surface area contributed by atoms with E-state index < -0.39 is 10.0 Å². The molecule has 110 valence electrons. The van der Waals surface area contributed by atoms with E-state index in [1.54, 1.807) is 35.2 Å². The van der Waals surface area contributed by atoms with Crippen LogP contribution in [0.3, 0.4) is 0 Å². The van der Waals surface area contributed by atoms with Crippen LogP contribution in [-0.2, 0) is 14.8 Å². The fourth-order valence-corrected chi connectivity index (χ4v) is 3.84. The molecular formula is C14H20N2O3S. The molecule has 20 heavy (non-hydrogen) atoms. The van der Waals surface area contributed by atoms with Crippen molar-refractivity contribution < 1.29 is 13.2 Å². The van der Waals surface area contributed by atoms with Gasteiger partial charge in [0.1, 0.15) is 0 Å². The molecule has 6 heteroatoms. The zero-order chi connectivity index (χ0) is 14.6. The van der Waals surface area contributed by atoms with E-state index in [9.17, 15) is 13.2 Å². The van der Waals surface area contributed by atoms with E-state index in [4.69, 9.17) is 0 Å². The molecule has 0 aliphatic carbocycles. The molecule has 1 aliphatic heterocycles. The molecule has 1 heterocycles. The monoisotopic (exact) mass is 296 g/mol. The average molecular weight is 296 g/mol. The van der Waals surface area contributed by atoms with E-state index in [0.29, 0.717) is 43.9 Å². The third-order valence-corrected chi connectivity index (χ3v) is 5.40. The number of hydrogen-bond donors (Lipinski definition) is 0. The van der Waals surface area contributed by atoms with Crippen molar-refractivity contribution in [1.29, 1.82) is 0 Å². The number of rotatable bonds is 3. The summed E-state index contributed by atoms with van der Waals surface area (Å²) < 4.78 is 26.5. The van der Waals surface area contributed by atoms with Crippen molar-refractivity contribution in [2.45, 2.75) is 24.7 Å². The minimum atomic E-state index is -3.45. The van der Waals surface area contributed by atoms with Crippen molar-refractivity contribution in [2.24, 2.45) is 0 Å². The predicted octanol–water partition coefficient (Wildman–Crippen LogP) is 1.32. The van der Waals surface area contributed by atoms with Crippen LogP contribution in [0.25, 0.3) is 0 Å².